The molecule has 1 unspecified atom stereocenters. The summed E-state index contributed by atoms with van der Waals surface area (Å²) in [7, 11) is -0.774. The summed E-state index contributed by atoms with van der Waals surface area (Å²) in [5, 5.41) is 25.8. The molecule has 0 radical (unpaired) electrons. The van der Waals surface area contributed by atoms with Gasteiger partial charge in [-0.1, -0.05) is 70.5 Å². The van der Waals surface area contributed by atoms with Crippen molar-refractivity contribution in [3.05, 3.63) is 59.7 Å². The second kappa shape index (κ2) is 24.4. The quantitative estimate of drug-likeness (QED) is 0.0362. The lowest BCUT2D eigenvalue weighted by Crippen LogP contribution is -2.65. The van der Waals surface area contributed by atoms with Crippen LogP contribution in [0.5, 0.6) is 0 Å². The van der Waals surface area contributed by atoms with Crippen LogP contribution < -0.4 is 49.1 Å². The summed E-state index contributed by atoms with van der Waals surface area (Å²) in [6.45, 7) is 12.0. The Bertz CT molecular complexity index is 2130. The standard InChI is InChI=1S/C49H74BN9O10/c1-7-9-12-29-14-16-30(17-15-29)31-18-20-32(21-19-31)43(63)54-24-22-40(62)55-34(13-10-11-23-51)44(64)58-41(28(3)60)46(66)59-42(53)47(67)56-35(27-39(52)61)45(65)57-38(8-2)50-68-37-26-33-25-36(48(33,4)5)49(37,6)69-50/h14-21,28,33-38,41-42,60H,7-13,22-27,51,53H2,1-6H3,(H2,52,61)(H,54,63)(H,55,62)(H,56,67)(H,57,65)(H,58,64)(H,59,66)/t28-,33+,34+,35+,36+,37?,38+,41+,42-,49+/m1/s1. The fraction of sp³-hybridized carbons (Fsp3) is 0.612. The first-order valence-electron chi connectivity index (χ1n) is 24.5. The molecule has 1 saturated heterocycles. The number of benzene rings is 2. The molecule has 4 fully saturated rings. The van der Waals surface area contributed by atoms with Gasteiger partial charge < -0.3 is 63.5 Å². The van der Waals surface area contributed by atoms with Crippen molar-refractivity contribution in [2.24, 2.45) is 34.5 Å². The van der Waals surface area contributed by atoms with E-state index in [1.807, 2.05) is 19.1 Å². The Balaban J connectivity index is 1.11. The van der Waals surface area contributed by atoms with Crippen molar-refractivity contribution >= 4 is 48.5 Å². The highest BCUT2D eigenvalue weighted by molar-refractivity contribution is 6.48. The molecule has 6 rings (SSSR count). The van der Waals surface area contributed by atoms with Crippen molar-refractivity contribution in [3.8, 4) is 11.1 Å². The molecule has 2 aromatic carbocycles. The van der Waals surface area contributed by atoms with E-state index < -0.39 is 90.9 Å². The number of primary amides is 1. The van der Waals surface area contributed by atoms with Crippen molar-refractivity contribution < 1.29 is 48.0 Å². The number of carbonyl (C=O) groups is 7. The zero-order chi connectivity index (χ0) is 50.6. The Morgan fingerprint density at radius 2 is 1.46 bits per heavy atom. The summed E-state index contributed by atoms with van der Waals surface area (Å²) in [6.07, 6.45) is 2.41. The summed E-state index contributed by atoms with van der Waals surface area (Å²) in [5.74, 6) is -5.38. The van der Waals surface area contributed by atoms with E-state index in [9.17, 15) is 38.7 Å². The Morgan fingerprint density at radius 1 is 0.812 bits per heavy atom. The highest BCUT2D eigenvalue weighted by Crippen LogP contribution is 2.65. The number of aryl methyl sites for hydroxylation is 1. The molecule has 4 aliphatic rings. The minimum absolute atomic E-state index is 0.0365. The van der Waals surface area contributed by atoms with Crippen molar-refractivity contribution in [2.45, 2.75) is 160 Å². The van der Waals surface area contributed by atoms with Gasteiger partial charge in [-0.3, -0.25) is 33.6 Å². The van der Waals surface area contributed by atoms with E-state index >= 15 is 0 Å². The number of aliphatic hydroxyl groups excluding tert-OH is 1. The van der Waals surface area contributed by atoms with Gasteiger partial charge in [0.05, 0.1) is 30.2 Å². The van der Waals surface area contributed by atoms with E-state index in [2.05, 4.69) is 83.9 Å². The first-order chi connectivity index (χ1) is 32.7. The predicted octanol–water partition coefficient (Wildman–Crippen LogP) is 1.22. The largest absolute Gasteiger partial charge is 0.481 e. The molecule has 2 bridgehead atoms. The fourth-order valence-electron chi connectivity index (χ4n) is 9.84. The van der Waals surface area contributed by atoms with Gasteiger partial charge in [0.15, 0.2) is 6.17 Å². The van der Waals surface area contributed by atoms with Crippen molar-refractivity contribution in [3.63, 3.8) is 0 Å². The van der Waals surface area contributed by atoms with E-state index in [0.29, 0.717) is 37.3 Å². The van der Waals surface area contributed by atoms with Gasteiger partial charge in [-0.05, 0) is 118 Å². The average Bonchev–Trinajstić information content (AvgIpc) is 3.68. The van der Waals surface area contributed by atoms with E-state index in [4.69, 9.17) is 26.5 Å². The van der Waals surface area contributed by atoms with Gasteiger partial charge in [-0.15, -0.1) is 0 Å². The number of aliphatic hydroxyl groups is 1. The molecular weight excluding hydrogens is 885 g/mol. The molecule has 7 amide bonds. The Morgan fingerprint density at radius 3 is 2.06 bits per heavy atom. The third-order valence-electron chi connectivity index (χ3n) is 14.2. The molecule has 3 aliphatic carbocycles. The van der Waals surface area contributed by atoms with E-state index in [1.165, 1.54) is 12.5 Å². The van der Waals surface area contributed by atoms with Crippen molar-refractivity contribution in [1.29, 1.82) is 0 Å². The van der Waals surface area contributed by atoms with Crippen LogP contribution in [0.25, 0.3) is 11.1 Å². The Labute approximate surface area is 405 Å². The van der Waals surface area contributed by atoms with Gasteiger partial charge in [-0.25, -0.2) is 0 Å². The average molecular weight is 960 g/mol. The van der Waals surface area contributed by atoms with Gasteiger partial charge in [0.25, 0.3) is 11.8 Å². The number of carbonyl (C=O) groups excluding carboxylic acids is 7. The third kappa shape index (κ3) is 13.9. The van der Waals surface area contributed by atoms with Crippen LogP contribution in [0.2, 0.25) is 0 Å². The molecule has 1 heterocycles. The zero-order valence-electron chi connectivity index (χ0n) is 40.9. The molecule has 3 saturated carbocycles. The maximum absolute atomic E-state index is 13.6. The first-order valence-corrected chi connectivity index (χ1v) is 24.5. The summed E-state index contributed by atoms with van der Waals surface area (Å²) in [4.78, 5) is 92.1. The zero-order valence-corrected chi connectivity index (χ0v) is 40.9. The SMILES string of the molecule is CCCCc1ccc(-c2ccc(C(=O)NCCC(=O)N[C@@H](CCCCN)C(=O)N[C@H](C(=O)N[C@@H](N)C(=O)N[C@@H](CC(N)=O)C(=O)N[C@@H](CC)B3OC4C[C@@H]5C[C@@H](C5(C)C)[C@]4(C)O3)[C@@H](C)O)cc2)cc1. The lowest BCUT2D eigenvalue weighted by molar-refractivity contribution is -0.199. The fourth-order valence-corrected chi connectivity index (χ4v) is 9.84. The molecule has 0 spiro atoms. The van der Waals surface area contributed by atoms with Crippen LogP contribution in [0.4, 0.5) is 0 Å². The minimum atomic E-state index is -1.82. The maximum Gasteiger partial charge on any atom is 0.481 e. The smallest absolute Gasteiger partial charge is 0.404 e. The molecule has 2 aromatic rings. The predicted molar refractivity (Wildman–Crippen MR) is 260 cm³/mol. The molecule has 0 aromatic heterocycles. The van der Waals surface area contributed by atoms with Crippen LogP contribution in [-0.4, -0.2) is 115 Å². The summed E-state index contributed by atoms with van der Waals surface area (Å²) >= 11 is 0. The molecule has 13 N–H and O–H groups in total. The molecule has 378 valence electrons. The maximum atomic E-state index is 13.6. The number of rotatable bonds is 26. The molecular formula is C49H74BN9O10. The van der Waals surface area contributed by atoms with Crippen LogP contribution in [0.15, 0.2) is 48.5 Å². The Hall–Kier alpha value is -5.41. The van der Waals surface area contributed by atoms with Gasteiger partial charge in [0.2, 0.25) is 29.5 Å². The van der Waals surface area contributed by atoms with E-state index in [1.54, 1.807) is 12.1 Å². The second-order valence-electron chi connectivity index (χ2n) is 19.6. The number of nitrogens with one attached hydrogen (secondary N) is 6. The topological polar surface area (TPSA) is 308 Å². The second-order valence-corrected chi connectivity index (χ2v) is 19.6. The van der Waals surface area contributed by atoms with E-state index in [0.717, 1.165) is 43.2 Å². The monoisotopic (exact) mass is 960 g/mol. The van der Waals surface area contributed by atoms with Crippen LogP contribution in [0.3, 0.4) is 0 Å². The van der Waals surface area contributed by atoms with Crippen molar-refractivity contribution in [1.82, 2.24) is 31.9 Å². The van der Waals surface area contributed by atoms with E-state index in [-0.39, 0.29) is 42.7 Å². The van der Waals surface area contributed by atoms with Crippen LogP contribution in [0, 0.1) is 17.3 Å². The summed E-state index contributed by atoms with van der Waals surface area (Å²) in [6, 6.07) is 11.2. The molecule has 1 aliphatic heterocycles. The molecule has 19 nitrogen and oxygen atoms in total. The summed E-state index contributed by atoms with van der Waals surface area (Å²) in [5.41, 5.74) is 20.4. The highest BCUT2D eigenvalue weighted by atomic mass is 16.7. The summed E-state index contributed by atoms with van der Waals surface area (Å²) < 4.78 is 12.9. The number of amides is 7. The molecule has 69 heavy (non-hydrogen) atoms. The van der Waals surface area contributed by atoms with Crippen LogP contribution in [0.1, 0.15) is 122 Å². The third-order valence-corrected chi connectivity index (χ3v) is 14.2. The first kappa shape index (κ1) is 54.5. The normalized spacial score (nSPS) is 22.5. The highest BCUT2D eigenvalue weighted by Gasteiger charge is 2.68. The number of nitrogens with two attached hydrogens (primary N) is 3. The number of hydrogen-bond donors (Lipinski definition) is 10. The molecule has 10 atom stereocenters. The van der Waals surface area contributed by atoms with Gasteiger partial charge in [-0.2, -0.15) is 0 Å². The van der Waals surface area contributed by atoms with Gasteiger partial charge in [0, 0.05) is 18.5 Å². The lowest BCUT2D eigenvalue weighted by atomic mass is 9.43. The molecule has 20 heteroatoms. The van der Waals surface area contributed by atoms with Crippen LogP contribution in [-0.2, 0) is 44.5 Å². The van der Waals surface area contributed by atoms with Gasteiger partial charge >= 0.3 is 7.12 Å². The lowest BCUT2D eigenvalue weighted by Gasteiger charge is -2.64. The van der Waals surface area contributed by atoms with Gasteiger partial charge in [0.1, 0.15) is 18.1 Å². The number of unbranched alkanes of at least 4 members (excludes halogenated alkanes) is 2. The minimum Gasteiger partial charge on any atom is -0.404 e. The van der Waals surface area contributed by atoms with Crippen LogP contribution >= 0.6 is 0 Å². The van der Waals surface area contributed by atoms with Crippen molar-refractivity contribution in [2.75, 3.05) is 13.1 Å². The Kier molecular flexibility index (Phi) is 19.3. The number of hydrogen-bond acceptors (Lipinski definition) is 12.